The Morgan fingerprint density at radius 3 is 1.94 bits per heavy atom. The Morgan fingerprint density at radius 1 is 0.875 bits per heavy atom. The zero-order valence-corrected chi connectivity index (χ0v) is 11.5. The summed E-state index contributed by atoms with van der Waals surface area (Å²) in [6.07, 6.45) is 11.2. The van der Waals surface area contributed by atoms with E-state index in [1.54, 1.807) is 0 Å². The highest BCUT2D eigenvalue weighted by molar-refractivity contribution is 4.59. The van der Waals surface area contributed by atoms with Gasteiger partial charge in [-0.2, -0.15) is 0 Å². The molecule has 0 aromatic rings. The monoisotopic (exact) mass is 229 g/mol. The van der Waals surface area contributed by atoms with Gasteiger partial charge in [0.15, 0.2) is 0 Å². The lowest BCUT2D eigenvalue weighted by Gasteiger charge is -2.21. The molecule has 0 bridgehead atoms. The van der Waals surface area contributed by atoms with E-state index in [1.165, 1.54) is 44.9 Å². The van der Waals surface area contributed by atoms with Gasteiger partial charge in [0.05, 0.1) is 6.10 Å². The van der Waals surface area contributed by atoms with Crippen molar-refractivity contribution in [1.29, 1.82) is 0 Å². The van der Waals surface area contributed by atoms with Crippen molar-refractivity contribution in [3.8, 4) is 0 Å². The zero-order valence-electron chi connectivity index (χ0n) is 11.5. The molecule has 2 heteroatoms. The summed E-state index contributed by atoms with van der Waals surface area (Å²) in [5, 5.41) is 0. The maximum absolute atomic E-state index is 5.97. The van der Waals surface area contributed by atoms with Crippen LogP contribution in [0, 0.1) is 0 Å². The highest BCUT2D eigenvalue weighted by Crippen LogP contribution is 2.13. The van der Waals surface area contributed by atoms with E-state index >= 15 is 0 Å². The molecule has 16 heavy (non-hydrogen) atoms. The highest BCUT2D eigenvalue weighted by atomic mass is 16.5. The first-order valence-corrected chi connectivity index (χ1v) is 7.15. The summed E-state index contributed by atoms with van der Waals surface area (Å²) in [6, 6.07) is 0. The van der Waals surface area contributed by atoms with Gasteiger partial charge in [0.1, 0.15) is 6.23 Å². The quantitative estimate of drug-likeness (QED) is 0.425. The van der Waals surface area contributed by atoms with E-state index < -0.39 is 0 Å². The molecular weight excluding hydrogens is 198 g/mol. The van der Waals surface area contributed by atoms with Crippen LogP contribution in [0.15, 0.2) is 0 Å². The molecule has 0 aromatic carbocycles. The number of nitrogens with two attached hydrogens (primary N) is 1. The lowest BCUT2D eigenvalue weighted by Crippen LogP contribution is -2.29. The van der Waals surface area contributed by atoms with Crippen LogP contribution >= 0.6 is 0 Å². The number of rotatable bonds is 11. The summed E-state index contributed by atoms with van der Waals surface area (Å²) in [7, 11) is 0. The normalized spacial score (nSPS) is 15.0. The lowest BCUT2D eigenvalue weighted by molar-refractivity contribution is -0.0206. The van der Waals surface area contributed by atoms with E-state index in [2.05, 4.69) is 20.8 Å². The minimum Gasteiger partial charge on any atom is -0.360 e. The van der Waals surface area contributed by atoms with Crippen LogP contribution in [0.5, 0.6) is 0 Å². The Bertz CT molecular complexity index is 139. The molecule has 2 nitrogen and oxygen atoms in total. The summed E-state index contributed by atoms with van der Waals surface area (Å²) in [6.45, 7) is 6.64. The van der Waals surface area contributed by atoms with Gasteiger partial charge in [-0.1, -0.05) is 52.9 Å². The number of hydrogen-bond donors (Lipinski definition) is 1. The third-order valence-electron chi connectivity index (χ3n) is 3.04. The second-order valence-corrected chi connectivity index (χ2v) is 4.70. The van der Waals surface area contributed by atoms with Gasteiger partial charge >= 0.3 is 0 Å². The molecule has 0 aliphatic heterocycles. The van der Waals surface area contributed by atoms with Crippen LogP contribution < -0.4 is 5.73 Å². The van der Waals surface area contributed by atoms with Crippen LogP contribution in [0.4, 0.5) is 0 Å². The number of ether oxygens (including phenoxy) is 1. The lowest BCUT2D eigenvalue weighted by atomic mass is 10.1. The van der Waals surface area contributed by atoms with Crippen LogP contribution in [0.1, 0.15) is 78.6 Å². The molecule has 0 aliphatic carbocycles. The second kappa shape index (κ2) is 11.4. The molecule has 0 spiro atoms. The van der Waals surface area contributed by atoms with Gasteiger partial charge in [-0.25, -0.2) is 0 Å². The van der Waals surface area contributed by atoms with Crippen molar-refractivity contribution < 1.29 is 4.74 Å². The molecule has 0 saturated carbocycles. The molecular formula is C14H31NO. The number of hydrogen-bond acceptors (Lipinski definition) is 2. The Labute approximate surface area is 102 Å². The Hall–Kier alpha value is -0.0800. The first-order valence-electron chi connectivity index (χ1n) is 7.15. The fourth-order valence-electron chi connectivity index (χ4n) is 1.90. The van der Waals surface area contributed by atoms with Gasteiger partial charge in [-0.15, -0.1) is 0 Å². The van der Waals surface area contributed by atoms with Crippen LogP contribution in [-0.4, -0.2) is 12.3 Å². The van der Waals surface area contributed by atoms with Gasteiger partial charge in [0.25, 0.3) is 0 Å². The maximum Gasteiger partial charge on any atom is 0.106 e. The molecule has 0 aromatic heterocycles. The molecule has 0 saturated heterocycles. The van der Waals surface area contributed by atoms with Crippen LogP contribution in [0.3, 0.4) is 0 Å². The molecule has 2 N–H and O–H groups in total. The van der Waals surface area contributed by atoms with E-state index in [4.69, 9.17) is 10.5 Å². The van der Waals surface area contributed by atoms with Crippen molar-refractivity contribution >= 4 is 0 Å². The summed E-state index contributed by atoms with van der Waals surface area (Å²) >= 11 is 0. The van der Waals surface area contributed by atoms with Crippen molar-refractivity contribution in [3.05, 3.63) is 0 Å². The minimum absolute atomic E-state index is 0.0434. The Kier molecular flexibility index (Phi) is 11.3. The SMILES string of the molecule is CCCCCC(N)OC(CC)CCCCC. The molecule has 0 rings (SSSR count). The van der Waals surface area contributed by atoms with Crippen molar-refractivity contribution in [2.45, 2.75) is 90.9 Å². The minimum atomic E-state index is -0.0434. The summed E-state index contributed by atoms with van der Waals surface area (Å²) < 4.78 is 5.87. The van der Waals surface area contributed by atoms with Crippen molar-refractivity contribution in [2.24, 2.45) is 5.73 Å². The summed E-state index contributed by atoms with van der Waals surface area (Å²) in [4.78, 5) is 0. The third kappa shape index (κ3) is 9.17. The van der Waals surface area contributed by atoms with Gasteiger partial charge in [-0.3, -0.25) is 0 Å². The van der Waals surface area contributed by atoms with E-state index in [1.807, 2.05) is 0 Å². The summed E-state index contributed by atoms with van der Waals surface area (Å²) in [5.41, 5.74) is 5.97. The van der Waals surface area contributed by atoms with E-state index in [-0.39, 0.29) is 6.23 Å². The Morgan fingerprint density at radius 2 is 1.44 bits per heavy atom. The average Bonchev–Trinajstić information content (AvgIpc) is 2.28. The molecule has 0 radical (unpaired) electrons. The molecule has 0 heterocycles. The predicted octanol–water partition coefficient (Wildman–Crippen LogP) is 4.23. The van der Waals surface area contributed by atoms with E-state index in [0.717, 1.165) is 12.8 Å². The van der Waals surface area contributed by atoms with Crippen LogP contribution in [0.2, 0.25) is 0 Å². The molecule has 98 valence electrons. The standard InChI is InChI=1S/C14H31NO/c1-4-7-9-11-13(6-3)16-14(15)12-10-8-5-2/h13-14H,4-12,15H2,1-3H3. The van der Waals surface area contributed by atoms with Crippen LogP contribution in [0.25, 0.3) is 0 Å². The van der Waals surface area contributed by atoms with Gasteiger partial charge in [0, 0.05) is 0 Å². The van der Waals surface area contributed by atoms with Crippen molar-refractivity contribution in [1.82, 2.24) is 0 Å². The Balaban J connectivity index is 3.57. The predicted molar refractivity (Wildman–Crippen MR) is 71.4 cm³/mol. The van der Waals surface area contributed by atoms with Crippen molar-refractivity contribution in [2.75, 3.05) is 0 Å². The average molecular weight is 229 g/mol. The molecule has 2 atom stereocenters. The summed E-state index contributed by atoms with van der Waals surface area (Å²) in [5.74, 6) is 0. The molecule has 0 fully saturated rings. The molecule has 0 aliphatic rings. The third-order valence-corrected chi connectivity index (χ3v) is 3.04. The zero-order chi connectivity index (χ0) is 12.2. The first-order chi connectivity index (χ1) is 7.74. The van der Waals surface area contributed by atoms with E-state index in [0.29, 0.717) is 6.10 Å². The topological polar surface area (TPSA) is 35.2 Å². The molecule has 2 unspecified atom stereocenters. The number of unbranched alkanes of at least 4 members (excludes halogenated alkanes) is 4. The maximum atomic E-state index is 5.97. The first kappa shape index (κ1) is 15.9. The highest BCUT2D eigenvalue weighted by Gasteiger charge is 2.11. The van der Waals surface area contributed by atoms with Crippen LogP contribution in [-0.2, 0) is 4.74 Å². The van der Waals surface area contributed by atoms with Gasteiger partial charge < -0.3 is 10.5 Å². The largest absolute Gasteiger partial charge is 0.360 e. The fourth-order valence-corrected chi connectivity index (χ4v) is 1.90. The van der Waals surface area contributed by atoms with Gasteiger partial charge in [-0.05, 0) is 25.7 Å². The van der Waals surface area contributed by atoms with Crippen molar-refractivity contribution in [3.63, 3.8) is 0 Å². The van der Waals surface area contributed by atoms with Gasteiger partial charge in [0.2, 0.25) is 0 Å². The van der Waals surface area contributed by atoms with E-state index in [9.17, 15) is 0 Å². The fraction of sp³-hybridized carbons (Fsp3) is 1.00. The smallest absolute Gasteiger partial charge is 0.106 e. The second-order valence-electron chi connectivity index (χ2n) is 4.70. The molecule has 0 amide bonds.